The molecule has 0 aliphatic heterocycles. The molecule has 3 fully saturated rings. The molecule has 1 N–H and O–H groups in total. The molecule has 494 valence electrons. The van der Waals surface area contributed by atoms with Gasteiger partial charge in [0.15, 0.2) is 0 Å². The number of rotatable bonds is 14. The number of allylic oxidation sites excluding steroid dienone is 4. The molecule has 1 aromatic heterocycles. The largest absolute Gasteiger partial charge is 0.355 e. The number of benzene rings is 13. The maximum Gasteiger partial charge on any atom is 0.0464 e. The predicted molar refractivity (Wildman–Crippen MR) is 430 cm³/mol. The van der Waals surface area contributed by atoms with Gasteiger partial charge < -0.3 is 5.32 Å². The van der Waals surface area contributed by atoms with Crippen molar-refractivity contribution in [1.29, 1.82) is 0 Å². The van der Waals surface area contributed by atoms with Crippen LogP contribution in [0.25, 0.3) is 116 Å². The zero-order chi connectivity index (χ0) is 67.7. The van der Waals surface area contributed by atoms with E-state index in [0.717, 1.165) is 48.9 Å². The maximum atomic E-state index is 4.56. The topological polar surface area (TPSA) is 24.9 Å². The monoisotopic (exact) mass is 1310 g/mol. The number of anilines is 1. The van der Waals surface area contributed by atoms with Crippen molar-refractivity contribution in [3.8, 4) is 66.8 Å². The zero-order valence-corrected chi connectivity index (χ0v) is 58.6. The average Bonchev–Trinajstić information content (AvgIpc) is 1.49. The summed E-state index contributed by atoms with van der Waals surface area (Å²) < 4.78 is 0. The van der Waals surface area contributed by atoms with E-state index < -0.39 is 0 Å². The van der Waals surface area contributed by atoms with Crippen molar-refractivity contribution in [1.82, 2.24) is 4.98 Å². The number of pyridine rings is 1. The SMILES string of the molecule is CCC1C=Cc2c(cccc2-c2cc3ccc(NC4=CC(c5cc(-c6ccncc6)c(C)c6c5C5CC7CC8CC(CC87C5)c5ccccc5-6)CC=C4)c4cc(-c5cc(-c6ccccc6)cc(-c6ccccc6)c5)c5ccc(CC(c6cccc7ccccc67)C(C)c6ccccc6)c2c5c34)C1. The van der Waals surface area contributed by atoms with E-state index in [4.69, 9.17) is 0 Å². The lowest BCUT2D eigenvalue weighted by Gasteiger charge is -2.49. The fraction of sp³-hybridized carbons (Fsp3) is 0.210. The van der Waals surface area contributed by atoms with E-state index in [1.807, 2.05) is 12.4 Å². The van der Waals surface area contributed by atoms with Crippen LogP contribution in [0.1, 0.15) is 138 Å². The predicted octanol–water partition coefficient (Wildman–Crippen LogP) is 26.6. The van der Waals surface area contributed by atoms with Crippen LogP contribution < -0.4 is 5.32 Å². The van der Waals surface area contributed by atoms with Crippen LogP contribution in [-0.2, 0) is 12.8 Å². The smallest absolute Gasteiger partial charge is 0.0464 e. The van der Waals surface area contributed by atoms with Crippen molar-refractivity contribution in [3.63, 3.8) is 0 Å². The van der Waals surface area contributed by atoms with Crippen LogP contribution in [0.3, 0.4) is 0 Å². The van der Waals surface area contributed by atoms with E-state index in [1.165, 1.54) is 181 Å². The Morgan fingerprint density at radius 2 is 1.22 bits per heavy atom. The van der Waals surface area contributed by atoms with Gasteiger partial charge in [0, 0.05) is 35.1 Å². The first-order chi connectivity index (χ1) is 50.3. The second-order valence-electron chi connectivity index (χ2n) is 31.2. The molecule has 0 saturated heterocycles. The summed E-state index contributed by atoms with van der Waals surface area (Å²) in [5, 5.41) is 14.7. The summed E-state index contributed by atoms with van der Waals surface area (Å²) in [4.78, 5) is 4.56. The number of hydrogen-bond donors (Lipinski definition) is 1. The van der Waals surface area contributed by atoms with Gasteiger partial charge >= 0.3 is 0 Å². The molecule has 6 aliphatic rings. The van der Waals surface area contributed by atoms with E-state index in [1.54, 1.807) is 11.1 Å². The summed E-state index contributed by atoms with van der Waals surface area (Å²) in [7, 11) is 0. The first-order valence-corrected chi connectivity index (χ1v) is 38.0. The highest BCUT2D eigenvalue weighted by Gasteiger charge is 2.64. The first kappa shape index (κ1) is 61.2. The second kappa shape index (κ2) is 24.6. The first-order valence-electron chi connectivity index (χ1n) is 38.0. The van der Waals surface area contributed by atoms with E-state index in [0.29, 0.717) is 23.2 Å². The molecule has 2 nitrogen and oxygen atoms in total. The van der Waals surface area contributed by atoms with Gasteiger partial charge in [-0.25, -0.2) is 0 Å². The Hall–Kier alpha value is -10.7. The van der Waals surface area contributed by atoms with E-state index in [9.17, 15) is 0 Å². The highest BCUT2D eigenvalue weighted by atomic mass is 14.9. The van der Waals surface area contributed by atoms with E-state index in [-0.39, 0.29) is 17.8 Å². The molecule has 13 aromatic carbocycles. The fourth-order valence-corrected chi connectivity index (χ4v) is 21.2. The minimum atomic E-state index is 0.147. The lowest BCUT2D eigenvalue weighted by Crippen LogP contribution is -2.41. The number of hydrogen-bond acceptors (Lipinski definition) is 2. The molecule has 1 spiro atoms. The summed E-state index contributed by atoms with van der Waals surface area (Å²) >= 11 is 0. The molecule has 102 heavy (non-hydrogen) atoms. The van der Waals surface area contributed by atoms with Gasteiger partial charge in [0.05, 0.1) is 0 Å². The normalized spacial score (nSPS) is 21.2. The highest BCUT2D eigenvalue weighted by molar-refractivity contribution is 6.32. The van der Waals surface area contributed by atoms with Gasteiger partial charge in [-0.2, -0.15) is 0 Å². The molecule has 0 amide bonds. The fourth-order valence-electron chi connectivity index (χ4n) is 21.2. The summed E-state index contributed by atoms with van der Waals surface area (Å²) in [6.07, 6.45) is 27.1. The molecular formula is C100H84N2. The van der Waals surface area contributed by atoms with Crippen molar-refractivity contribution in [3.05, 3.63) is 341 Å². The Morgan fingerprint density at radius 1 is 0.510 bits per heavy atom. The minimum absolute atomic E-state index is 0.147. The Labute approximate surface area is 600 Å². The standard InChI is InChI=1S/C100H84N2/c1-4-63-37-40-83-69(47-63)30-20-36-85(83)92-55-72-39-42-94(102-80-31-18-29-70(53-80)91-57-88(68-43-45-101-46-44-68)62(3)95-86-34-17-16-33-82(86)76-51-78-56-79-52-77(98(91)95)60-100(78,79)59-76)93-58-90(75-49-73(65-23-10-6-11-24-65)48-74(50-75)66-25-12-7-13-26-66)87-41-38-71(96(92)99(87)97(72)93)54-89(61(2)64-21-8-5-9-22-64)84-35-19-28-67-27-14-15-32-81(67)84/h5-28,30-46,48-50,53,55,57-58,61,63,70,76-79,89,102H,4,29,47,51-52,54,56,59-60H2,1-3H3. The van der Waals surface area contributed by atoms with Crippen LogP contribution in [0.2, 0.25) is 0 Å². The van der Waals surface area contributed by atoms with Crippen molar-refractivity contribution >= 4 is 54.9 Å². The van der Waals surface area contributed by atoms with Gasteiger partial charge in [0.2, 0.25) is 0 Å². The minimum Gasteiger partial charge on any atom is -0.355 e. The molecule has 2 heteroatoms. The molecule has 9 atom stereocenters. The van der Waals surface area contributed by atoms with Crippen LogP contribution in [0.15, 0.2) is 291 Å². The highest BCUT2D eigenvalue weighted by Crippen LogP contribution is 2.75. The van der Waals surface area contributed by atoms with Crippen LogP contribution in [0, 0.1) is 30.1 Å². The molecule has 20 rings (SSSR count). The maximum absolute atomic E-state index is 4.56. The third kappa shape index (κ3) is 9.98. The van der Waals surface area contributed by atoms with E-state index in [2.05, 4.69) is 310 Å². The summed E-state index contributed by atoms with van der Waals surface area (Å²) in [6.45, 7) is 7.26. The zero-order valence-electron chi connectivity index (χ0n) is 58.6. The molecule has 14 aromatic rings. The second-order valence-corrected chi connectivity index (χ2v) is 31.2. The molecule has 6 aliphatic carbocycles. The third-order valence-electron chi connectivity index (χ3n) is 26.1. The number of nitrogens with one attached hydrogen (secondary N) is 1. The molecule has 1 heterocycles. The Morgan fingerprint density at radius 3 is 2.02 bits per heavy atom. The van der Waals surface area contributed by atoms with Crippen LogP contribution in [0.5, 0.6) is 0 Å². The average molecular weight is 1310 g/mol. The summed E-state index contributed by atoms with van der Waals surface area (Å²) in [5.74, 6) is 3.86. The lowest BCUT2D eigenvalue weighted by atomic mass is 9.56. The molecule has 0 radical (unpaired) electrons. The van der Waals surface area contributed by atoms with E-state index >= 15 is 0 Å². The van der Waals surface area contributed by atoms with Crippen molar-refractivity contribution < 1.29 is 0 Å². The van der Waals surface area contributed by atoms with Crippen LogP contribution in [-0.4, -0.2) is 4.98 Å². The summed E-state index contributed by atoms with van der Waals surface area (Å²) in [5.41, 5.74) is 31.3. The van der Waals surface area contributed by atoms with Crippen LogP contribution in [0.4, 0.5) is 5.69 Å². The third-order valence-corrected chi connectivity index (χ3v) is 26.1. The Balaban J connectivity index is 0.832. The molecule has 3 saturated carbocycles. The van der Waals surface area contributed by atoms with Gasteiger partial charge in [-0.1, -0.05) is 232 Å². The van der Waals surface area contributed by atoms with Gasteiger partial charge in [0.25, 0.3) is 0 Å². The quantitative estimate of drug-likeness (QED) is 0.110. The Bertz CT molecular complexity index is 5680. The number of fused-ring (bicyclic) bond motifs is 9. The molecule has 3 bridgehead atoms. The lowest BCUT2D eigenvalue weighted by molar-refractivity contribution is 0.00307. The van der Waals surface area contributed by atoms with Crippen LogP contribution >= 0.6 is 0 Å². The van der Waals surface area contributed by atoms with Gasteiger partial charge in [-0.3, -0.25) is 4.98 Å². The van der Waals surface area contributed by atoms with Gasteiger partial charge in [-0.05, 0) is 327 Å². The van der Waals surface area contributed by atoms with Gasteiger partial charge in [-0.15, -0.1) is 0 Å². The molecular weight excluding hydrogens is 1230 g/mol. The Kier molecular flexibility index (Phi) is 14.7. The van der Waals surface area contributed by atoms with Gasteiger partial charge in [0.1, 0.15) is 0 Å². The van der Waals surface area contributed by atoms with Crippen molar-refractivity contribution in [2.75, 3.05) is 5.32 Å². The molecule has 9 unspecified atom stereocenters. The van der Waals surface area contributed by atoms with Crippen molar-refractivity contribution in [2.45, 2.75) is 108 Å². The number of nitrogens with zero attached hydrogens (tertiary/aromatic N) is 1. The number of aromatic nitrogens is 1. The van der Waals surface area contributed by atoms with Crippen molar-refractivity contribution in [2.24, 2.45) is 23.2 Å². The summed E-state index contributed by atoms with van der Waals surface area (Å²) in [6, 6.07) is 95.8.